The van der Waals surface area contributed by atoms with Crippen LogP contribution in [0.4, 0.5) is 5.69 Å². The van der Waals surface area contributed by atoms with Gasteiger partial charge in [-0.05, 0) is 34.1 Å². The summed E-state index contributed by atoms with van der Waals surface area (Å²) in [5, 5.41) is 15.8. The Balaban J connectivity index is 2.06. The molecule has 1 aromatic heterocycles. The maximum Gasteiger partial charge on any atom is 0.358 e. The third-order valence-corrected chi connectivity index (χ3v) is 3.09. The van der Waals surface area contributed by atoms with E-state index >= 15 is 0 Å². The van der Waals surface area contributed by atoms with Crippen LogP contribution < -0.4 is 5.32 Å². The van der Waals surface area contributed by atoms with Gasteiger partial charge in [0, 0.05) is 15.6 Å². The lowest BCUT2D eigenvalue weighted by molar-refractivity contribution is 0.0685. The van der Waals surface area contributed by atoms with Crippen LogP contribution in [0.5, 0.6) is 0 Å². The molecule has 0 aliphatic carbocycles. The molecule has 0 unspecified atom stereocenters. The first kappa shape index (κ1) is 12.9. The van der Waals surface area contributed by atoms with E-state index in [1.54, 1.807) is 12.1 Å². The number of anilines is 1. The Morgan fingerprint density at radius 2 is 2.28 bits per heavy atom. The molecule has 0 radical (unpaired) electrons. The third-order valence-electron chi connectivity index (χ3n) is 2.16. The number of halogens is 2. The van der Waals surface area contributed by atoms with Crippen LogP contribution in [0, 0.1) is 0 Å². The minimum atomic E-state index is -1.12. The third kappa shape index (κ3) is 3.02. The number of rotatable bonds is 4. The van der Waals surface area contributed by atoms with Crippen LogP contribution >= 0.6 is 27.5 Å². The molecule has 0 saturated heterocycles. The second-order valence-electron chi connectivity index (χ2n) is 3.46. The summed E-state index contributed by atoms with van der Waals surface area (Å²) in [5.74, 6) is -0.687. The predicted molar refractivity (Wildman–Crippen MR) is 69.9 cm³/mol. The van der Waals surface area contributed by atoms with E-state index in [2.05, 4.69) is 26.4 Å². The van der Waals surface area contributed by atoms with Gasteiger partial charge in [-0.3, -0.25) is 0 Å². The fourth-order valence-corrected chi connectivity index (χ4v) is 1.87. The van der Waals surface area contributed by atoms with Gasteiger partial charge in [0.15, 0.2) is 11.5 Å². The summed E-state index contributed by atoms with van der Waals surface area (Å²) in [6, 6.07) is 6.69. The van der Waals surface area contributed by atoms with Gasteiger partial charge in [-0.1, -0.05) is 16.8 Å². The summed E-state index contributed by atoms with van der Waals surface area (Å²) in [4.78, 5) is 10.6. The highest BCUT2D eigenvalue weighted by Gasteiger charge is 2.10. The lowest BCUT2D eigenvalue weighted by atomic mass is 10.3. The first-order valence-corrected chi connectivity index (χ1v) is 6.11. The monoisotopic (exact) mass is 330 g/mol. The van der Waals surface area contributed by atoms with Crippen LogP contribution in [0.2, 0.25) is 5.02 Å². The lowest BCUT2D eigenvalue weighted by Crippen LogP contribution is -1.99. The van der Waals surface area contributed by atoms with E-state index in [-0.39, 0.29) is 5.69 Å². The normalized spacial score (nSPS) is 10.3. The second-order valence-corrected chi connectivity index (χ2v) is 4.75. The Bertz CT molecular complexity index is 585. The minimum Gasteiger partial charge on any atom is -0.476 e. The largest absolute Gasteiger partial charge is 0.476 e. The van der Waals surface area contributed by atoms with E-state index in [0.717, 1.165) is 10.2 Å². The van der Waals surface area contributed by atoms with Gasteiger partial charge in [-0.15, -0.1) is 0 Å². The van der Waals surface area contributed by atoms with Crippen molar-refractivity contribution in [3.63, 3.8) is 0 Å². The van der Waals surface area contributed by atoms with E-state index in [4.69, 9.17) is 21.2 Å². The predicted octanol–water partition coefficient (Wildman–Crippen LogP) is 3.40. The van der Waals surface area contributed by atoms with Gasteiger partial charge in [-0.25, -0.2) is 4.79 Å². The van der Waals surface area contributed by atoms with Crippen LogP contribution in [0.15, 0.2) is 33.3 Å². The molecule has 0 saturated carbocycles. The molecule has 7 heteroatoms. The number of carbonyl (C=O) groups is 1. The number of carboxylic acids is 1. The van der Waals surface area contributed by atoms with E-state index in [1.807, 2.05) is 6.07 Å². The van der Waals surface area contributed by atoms with Gasteiger partial charge in [0.05, 0.1) is 12.2 Å². The number of nitrogens with zero attached hydrogens (tertiary/aromatic N) is 1. The zero-order valence-corrected chi connectivity index (χ0v) is 11.3. The highest BCUT2D eigenvalue weighted by atomic mass is 79.9. The average Bonchev–Trinajstić information content (AvgIpc) is 2.79. The summed E-state index contributed by atoms with van der Waals surface area (Å²) < 4.78 is 5.73. The maximum atomic E-state index is 10.6. The van der Waals surface area contributed by atoms with Crippen molar-refractivity contribution >= 4 is 39.2 Å². The Morgan fingerprint density at radius 1 is 1.50 bits per heavy atom. The summed E-state index contributed by atoms with van der Waals surface area (Å²) in [7, 11) is 0. The van der Waals surface area contributed by atoms with Crippen molar-refractivity contribution in [1.29, 1.82) is 0 Å². The molecule has 0 aliphatic heterocycles. The Morgan fingerprint density at radius 3 is 2.94 bits per heavy atom. The van der Waals surface area contributed by atoms with E-state index in [1.165, 1.54) is 6.07 Å². The van der Waals surface area contributed by atoms with Crippen molar-refractivity contribution in [2.75, 3.05) is 5.32 Å². The molecule has 0 atom stereocenters. The number of nitrogens with one attached hydrogen (secondary N) is 1. The molecule has 0 amide bonds. The molecular formula is C11H8BrClN2O3. The SMILES string of the molecule is O=C(O)c1cc(CNc2cc(Cl)ccc2Br)on1. The number of aromatic carboxylic acids is 1. The van der Waals surface area contributed by atoms with Crippen molar-refractivity contribution in [1.82, 2.24) is 5.16 Å². The molecule has 94 valence electrons. The van der Waals surface area contributed by atoms with Gasteiger partial charge >= 0.3 is 5.97 Å². The number of benzene rings is 1. The highest BCUT2D eigenvalue weighted by Crippen LogP contribution is 2.26. The fraction of sp³-hybridized carbons (Fsp3) is 0.0909. The standard InChI is InChI=1S/C11H8BrClN2O3/c12-8-2-1-6(13)3-9(8)14-5-7-4-10(11(16)17)15-18-7/h1-4,14H,5H2,(H,16,17). The van der Waals surface area contributed by atoms with Gasteiger partial charge in [0.25, 0.3) is 0 Å². The molecule has 2 aromatic rings. The van der Waals surface area contributed by atoms with Crippen LogP contribution in [0.1, 0.15) is 16.2 Å². The number of hydrogen-bond acceptors (Lipinski definition) is 4. The van der Waals surface area contributed by atoms with Gasteiger partial charge in [-0.2, -0.15) is 0 Å². The zero-order chi connectivity index (χ0) is 13.1. The van der Waals surface area contributed by atoms with E-state index < -0.39 is 5.97 Å². The molecule has 0 fully saturated rings. The van der Waals surface area contributed by atoms with Crippen molar-refractivity contribution in [2.24, 2.45) is 0 Å². The van der Waals surface area contributed by atoms with Crippen molar-refractivity contribution < 1.29 is 14.4 Å². The highest BCUT2D eigenvalue weighted by molar-refractivity contribution is 9.10. The summed E-state index contributed by atoms with van der Waals surface area (Å²) in [6.07, 6.45) is 0. The molecule has 1 aromatic carbocycles. The Labute approximate surface area is 116 Å². The first-order chi connectivity index (χ1) is 8.56. The number of hydrogen-bond donors (Lipinski definition) is 2. The van der Waals surface area contributed by atoms with Crippen LogP contribution in [-0.2, 0) is 6.54 Å². The quantitative estimate of drug-likeness (QED) is 0.898. The molecule has 1 heterocycles. The number of carboxylic acid groups (broad SMARTS) is 1. The van der Waals surface area contributed by atoms with Gasteiger partial charge < -0.3 is 14.9 Å². The van der Waals surface area contributed by atoms with Crippen molar-refractivity contribution in [3.8, 4) is 0 Å². The molecule has 18 heavy (non-hydrogen) atoms. The van der Waals surface area contributed by atoms with Crippen LogP contribution in [-0.4, -0.2) is 16.2 Å². The first-order valence-electron chi connectivity index (χ1n) is 4.94. The summed E-state index contributed by atoms with van der Waals surface area (Å²) >= 11 is 9.24. The maximum absolute atomic E-state index is 10.6. The molecule has 0 spiro atoms. The molecular weight excluding hydrogens is 323 g/mol. The smallest absolute Gasteiger partial charge is 0.358 e. The molecule has 2 rings (SSSR count). The molecule has 2 N–H and O–H groups in total. The van der Waals surface area contributed by atoms with Gasteiger partial charge in [0.2, 0.25) is 0 Å². The van der Waals surface area contributed by atoms with Crippen LogP contribution in [0.25, 0.3) is 0 Å². The Kier molecular flexibility index (Phi) is 3.88. The van der Waals surface area contributed by atoms with Crippen LogP contribution in [0.3, 0.4) is 0 Å². The lowest BCUT2D eigenvalue weighted by Gasteiger charge is -2.06. The molecule has 5 nitrogen and oxygen atoms in total. The fourth-order valence-electron chi connectivity index (χ4n) is 1.31. The second kappa shape index (κ2) is 5.41. The van der Waals surface area contributed by atoms with E-state index in [0.29, 0.717) is 17.3 Å². The Hall–Kier alpha value is -1.53. The van der Waals surface area contributed by atoms with Crippen molar-refractivity contribution in [3.05, 3.63) is 45.2 Å². The van der Waals surface area contributed by atoms with Crippen molar-refractivity contribution in [2.45, 2.75) is 6.54 Å². The van der Waals surface area contributed by atoms with Gasteiger partial charge in [0.1, 0.15) is 0 Å². The summed E-state index contributed by atoms with van der Waals surface area (Å²) in [5.41, 5.74) is 0.674. The zero-order valence-electron chi connectivity index (χ0n) is 8.98. The molecule has 0 aliphatic rings. The number of aromatic nitrogens is 1. The molecule has 0 bridgehead atoms. The minimum absolute atomic E-state index is 0.114. The topological polar surface area (TPSA) is 75.4 Å². The average molecular weight is 332 g/mol. The summed E-state index contributed by atoms with van der Waals surface area (Å²) in [6.45, 7) is 0.319. The van der Waals surface area contributed by atoms with E-state index in [9.17, 15) is 4.79 Å².